The molecule has 2 aromatic heterocycles. The zero-order chi connectivity index (χ0) is 22.0. The van der Waals surface area contributed by atoms with Gasteiger partial charge in [-0.2, -0.15) is 13.8 Å². The Morgan fingerprint density at radius 3 is 2.68 bits per heavy atom. The number of hydrogen-bond donors (Lipinski definition) is 1. The van der Waals surface area contributed by atoms with E-state index in [1.54, 1.807) is 25.1 Å². The minimum absolute atomic E-state index is 0.0516. The Balaban J connectivity index is 1.39. The number of ether oxygens (including phenoxy) is 1. The minimum atomic E-state index is -2.89. The van der Waals surface area contributed by atoms with Crippen molar-refractivity contribution in [2.45, 2.75) is 38.5 Å². The number of aryl methyl sites for hydroxylation is 1. The molecular formula is C20H18F2N4O5. The van der Waals surface area contributed by atoms with Gasteiger partial charge in [0.2, 0.25) is 11.7 Å². The summed E-state index contributed by atoms with van der Waals surface area (Å²) in [7, 11) is 0. The molecule has 3 heterocycles. The number of hydrogen-bond acceptors (Lipinski definition) is 7. The molecule has 1 unspecified atom stereocenters. The van der Waals surface area contributed by atoms with Crippen LogP contribution in [0.3, 0.4) is 0 Å². The van der Waals surface area contributed by atoms with Crippen LogP contribution in [-0.4, -0.2) is 39.1 Å². The molecule has 11 heteroatoms. The molecule has 1 aliphatic rings. The summed E-state index contributed by atoms with van der Waals surface area (Å²) in [4.78, 5) is 30.5. The molecule has 1 saturated heterocycles. The molecule has 0 saturated carbocycles. The maximum Gasteiger partial charge on any atom is 0.387 e. The largest absolute Gasteiger partial charge is 0.472 e. The first-order valence-corrected chi connectivity index (χ1v) is 9.37. The van der Waals surface area contributed by atoms with Crippen molar-refractivity contribution in [3.05, 3.63) is 54.3 Å². The van der Waals surface area contributed by atoms with Crippen LogP contribution in [0.2, 0.25) is 0 Å². The molecule has 1 atom stereocenters. The second-order valence-electron chi connectivity index (χ2n) is 7.20. The molecule has 9 nitrogen and oxygen atoms in total. The highest BCUT2D eigenvalue weighted by Gasteiger charge is 2.47. The van der Waals surface area contributed by atoms with E-state index in [1.165, 1.54) is 24.7 Å². The lowest BCUT2D eigenvalue weighted by Crippen LogP contribution is -2.44. The monoisotopic (exact) mass is 432 g/mol. The van der Waals surface area contributed by atoms with Crippen LogP contribution in [0.4, 0.5) is 13.6 Å². The number of amides is 3. The topological polar surface area (TPSA) is 111 Å². The summed E-state index contributed by atoms with van der Waals surface area (Å²) in [6.45, 7) is -1.42. The zero-order valence-electron chi connectivity index (χ0n) is 16.4. The molecule has 3 amide bonds. The number of rotatable bonds is 8. The van der Waals surface area contributed by atoms with Crippen molar-refractivity contribution in [2.75, 3.05) is 0 Å². The van der Waals surface area contributed by atoms with Gasteiger partial charge in [-0.3, -0.25) is 9.69 Å². The third-order valence-corrected chi connectivity index (χ3v) is 4.95. The standard InChI is InChI=1S/C20H18F2N4O5/c1-20(8-6-12-2-4-14(5-3-12)30-18(21)22)17(27)26(19(28)24-20)10-15-23-16(25-31-15)13-7-9-29-11-13/h2-5,7,9,11,18H,6,8,10H2,1H3,(H,24,28). The van der Waals surface area contributed by atoms with Crippen LogP contribution >= 0.6 is 0 Å². The number of imide groups is 1. The molecule has 4 rings (SSSR count). The number of halogens is 2. The number of carbonyl (C=O) groups is 2. The molecule has 0 aliphatic carbocycles. The second kappa shape index (κ2) is 8.17. The summed E-state index contributed by atoms with van der Waals surface area (Å²) in [5.74, 6) is 0.0327. The lowest BCUT2D eigenvalue weighted by molar-refractivity contribution is -0.131. The first kappa shape index (κ1) is 20.5. The van der Waals surface area contributed by atoms with Gasteiger partial charge < -0.3 is 19.0 Å². The SMILES string of the molecule is CC1(CCc2ccc(OC(F)F)cc2)NC(=O)N(Cc2nc(-c3ccoc3)no2)C1=O. The van der Waals surface area contributed by atoms with Gasteiger partial charge in [-0.05, 0) is 43.5 Å². The molecule has 1 aliphatic heterocycles. The Labute approximate surface area is 175 Å². The number of aromatic nitrogens is 2. The summed E-state index contributed by atoms with van der Waals surface area (Å²) in [5, 5.41) is 6.52. The van der Waals surface area contributed by atoms with Gasteiger partial charge in [0.05, 0.1) is 11.8 Å². The summed E-state index contributed by atoms with van der Waals surface area (Å²) in [6, 6.07) is 7.23. The lowest BCUT2D eigenvalue weighted by Gasteiger charge is -2.21. The van der Waals surface area contributed by atoms with Crippen molar-refractivity contribution in [3.63, 3.8) is 0 Å². The molecule has 3 aromatic rings. The van der Waals surface area contributed by atoms with Crippen LogP contribution in [0.1, 0.15) is 24.8 Å². The van der Waals surface area contributed by atoms with Crippen LogP contribution in [-0.2, 0) is 17.8 Å². The quantitative estimate of drug-likeness (QED) is 0.543. The van der Waals surface area contributed by atoms with Gasteiger partial charge in [0.25, 0.3) is 5.91 Å². The van der Waals surface area contributed by atoms with Crippen LogP contribution in [0, 0.1) is 0 Å². The molecular weight excluding hydrogens is 414 g/mol. The summed E-state index contributed by atoms with van der Waals surface area (Å²) in [5.41, 5.74) is 0.301. The van der Waals surface area contributed by atoms with E-state index in [0.717, 1.165) is 10.5 Å². The predicted octanol–water partition coefficient (Wildman–Crippen LogP) is 3.37. The Bertz CT molecular complexity index is 1070. The highest BCUT2D eigenvalue weighted by Crippen LogP contribution is 2.26. The van der Waals surface area contributed by atoms with Crippen molar-refractivity contribution in [3.8, 4) is 17.1 Å². The molecule has 1 N–H and O–H groups in total. The number of alkyl halides is 2. The number of carbonyl (C=O) groups excluding carboxylic acids is 2. The Morgan fingerprint density at radius 1 is 1.23 bits per heavy atom. The summed E-state index contributed by atoms with van der Waals surface area (Å²) < 4.78 is 38.9. The minimum Gasteiger partial charge on any atom is -0.472 e. The number of benzene rings is 1. The van der Waals surface area contributed by atoms with Gasteiger partial charge in [0.1, 0.15) is 24.1 Å². The Hall–Kier alpha value is -3.76. The van der Waals surface area contributed by atoms with E-state index in [9.17, 15) is 18.4 Å². The highest BCUT2D eigenvalue weighted by molar-refractivity contribution is 6.06. The molecule has 1 fully saturated rings. The molecule has 0 spiro atoms. The van der Waals surface area contributed by atoms with E-state index in [4.69, 9.17) is 8.94 Å². The third-order valence-electron chi connectivity index (χ3n) is 4.95. The molecule has 162 valence electrons. The smallest absolute Gasteiger partial charge is 0.387 e. The van der Waals surface area contributed by atoms with Gasteiger partial charge in [-0.15, -0.1) is 0 Å². The van der Waals surface area contributed by atoms with E-state index in [2.05, 4.69) is 20.2 Å². The van der Waals surface area contributed by atoms with E-state index in [1.807, 2.05) is 0 Å². The van der Waals surface area contributed by atoms with Crippen molar-refractivity contribution >= 4 is 11.9 Å². The fourth-order valence-electron chi connectivity index (χ4n) is 3.26. The van der Waals surface area contributed by atoms with Crippen LogP contribution in [0.15, 0.2) is 51.8 Å². The fraction of sp³-hybridized carbons (Fsp3) is 0.300. The van der Waals surface area contributed by atoms with E-state index < -0.39 is 24.1 Å². The van der Waals surface area contributed by atoms with E-state index in [-0.39, 0.29) is 24.0 Å². The predicted molar refractivity (Wildman–Crippen MR) is 101 cm³/mol. The number of furan rings is 1. The molecule has 31 heavy (non-hydrogen) atoms. The Morgan fingerprint density at radius 2 is 2.00 bits per heavy atom. The summed E-state index contributed by atoms with van der Waals surface area (Å²) in [6.07, 6.45) is 3.67. The van der Waals surface area contributed by atoms with Crippen LogP contribution in [0.25, 0.3) is 11.4 Å². The third kappa shape index (κ3) is 4.39. The van der Waals surface area contributed by atoms with Crippen LogP contribution < -0.4 is 10.1 Å². The highest BCUT2D eigenvalue weighted by atomic mass is 19.3. The lowest BCUT2D eigenvalue weighted by atomic mass is 9.93. The number of urea groups is 1. The second-order valence-corrected chi connectivity index (χ2v) is 7.20. The van der Waals surface area contributed by atoms with Crippen molar-refractivity contribution in [1.82, 2.24) is 20.4 Å². The maximum atomic E-state index is 12.9. The average molecular weight is 432 g/mol. The Kier molecular flexibility index (Phi) is 5.40. The van der Waals surface area contributed by atoms with Crippen molar-refractivity contribution in [1.29, 1.82) is 0 Å². The zero-order valence-corrected chi connectivity index (χ0v) is 16.4. The first-order chi connectivity index (χ1) is 14.8. The van der Waals surface area contributed by atoms with E-state index in [0.29, 0.717) is 18.4 Å². The molecule has 1 aromatic carbocycles. The van der Waals surface area contributed by atoms with Crippen molar-refractivity contribution < 1.29 is 32.0 Å². The number of nitrogens with zero attached hydrogens (tertiary/aromatic N) is 3. The van der Waals surface area contributed by atoms with Crippen molar-refractivity contribution in [2.24, 2.45) is 0 Å². The molecule has 0 radical (unpaired) electrons. The summed E-state index contributed by atoms with van der Waals surface area (Å²) >= 11 is 0. The van der Waals surface area contributed by atoms with Gasteiger partial charge in [0.15, 0.2) is 0 Å². The van der Waals surface area contributed by atoms with Crippen LogP contribution in [0.5, 0.6) is 5.75 Å². The van der Waals surface area contributed by atoms with Gasteiger partial charge in [-0.25, -0.2) is 4.79 Å². The van der Waals surface area contributed by atoms with Gasteiger partial charge >= 0.3 is 12.6 Å². The van der Waals surface area contributed by atoms with Gasteiger partial charge in [-0.1, -0.05) is 17.3 Å². The van der Waals surface area contributed by atoms with Gasteiger partial charge in [0, 0.05) is 0 Å². The average Bonchev–Trinajstić information content (AvgIpc) is 3.45. The molecule has 0 bridgehead atoms. The fourth-order valence-corrected chi connectivity index (χ4v) is 3.26. The van der Waals surface area contributed by atoms with E-state index >= 15 is 0 Å². The maximum absolute atomic E-state index is 12.9. The first-order valence-electron chi connectivity index (χ1n) is 9.37. The normalized spacial score (nSPS) is 18.6. The number of nitrogens with one attached hydrogen (secondary N) is 1.